The van der Waals surface area contributed by atoms with Crippen molar-refractivity contribution >= 4 is 38.5 Å². The van der Waals surface area contributed by atoms with Crippen molar-refractivity contribution in [2.75, 3.05) is 0 Å². The molecule has 0 saturated carbocycles. The molecule has 0 saturated heterocycles. The number of rotatable bonds is 3. The molecule has 1 heterocycles. The summed E-state index contributed by atoms with van der Waals surface area (Å²) in [6.45, 7) is 0.315. The number of nitrogens with zero attached hydrogens (tertiary/aromatic N) is 2. The molecule has 3 nitrogen and oxygen atoms in total. The smallest absolute Gasteiger partial charge is 0.214 e. The molecule has 2 rings (SSSR count). The summed E-state index contributed by atoms with van der Waals surface area (Å²) < 4.78 is 19.6. The summed E-state index contributed by atoms with van der Waals surface area (Å²) in [7, 11) is 0. The highest BCUT2D eigenvalue weighted by atomic mass is 127. The Kier molecular flexibility index (Phi) is 4.71. The van der Waals surface area contributed by atoms with Crippen molar-refractivity contribution in [2.45, 2.75) is 6.61 Å². The van der Waals surface area contributed by atoms with Gasteiger partial charge >= 0.3 is 0 Å². The molecule has 0 atom stereocenters. The van der Waals surface area contributed by atoms with Gasteiger partial charge in [-0.3, -0.25) is 0 Å². The van der Waals surface area contributed by atoms with Gasteiger partial charge in [-0.2, -0.15) is 5.26 Å². The molecule has 1 aromatic carbocycles. The second-order valence-corrected chi connectivity index (χ2v) is 5.54. The molecule has 0 bridgehead atoms. The fourth-order valence-corrected chi connectivity index (χ4v) is 2.34. The van der Waals surface area contributed by atoms with Gasteiger partial charge in [-0.15, -0.1) is 0 Å². The van der Waals surface area contributed by atoms with Crippen molar-refractivity contribution in [3.05, 3.63) is 55.4 Å². The Morgan fingerprint density at radius 1 is 1.37 bits per heavy atom. The number of halogens is 3. The Bertz CT molecular complexity index is 658. The van der Waals surface area contributed by atoms with Crippen molar-refractivity contribution < 1.29 is 9.13 Å². The molecule has 0 radical (unpaired) electrons. The van der Waals surface area contributed by atoms with E-state index in [4.69, 9.17) is 10.00 Å². The summed E-state index contributed by atoms with van der Waals surface area (Å²) in [5.74, 6) is -0.0891. The van der Waals surface area contributed by atoms with E-state index in [1.807, 2.05) is 6.07 Å². The van der Waals surface area contributed by atoms with Crippen molar-refractivity contribution in [3.63, 3.8) is 0 Å². The Balaban J connectivity index is 2.10. The highest BCUT2D eigenvalue weighted by Crippen LogP contribution is 2.19. The van der Waals surface area contributed by atoms with Gasteiger partial charge in [0.25, 0.3) is 0 Å². The van der Waals surface area contributed by atoms with Crippen LogP contribution in [0.1, 0.15) is 11.1 Å². The number of hydrogen-bond donors (Lipinski definition) is 0. The second kappa shape index (κ2) is 6.30. The molecule has 0 aliphatic rings. The van der Waals surface area contributed by atoms with Gasteiger partial charge in [0.15, 0.2) is 5.82 Å². The standard InChI is InChI=1S/C13H7BrFIN2O/c14-13-10(15)3-4-12(18-13)19-7-9-2-1-8(6-17)5-11(9)16/h1-5H,7H2. The maximum atomic E-state index is 13.0. The molecule has 0 amide bonds. The van der Waals surface area contributed by atoms with Gasteiger partial charge in [-0.1, -0.05) is 6.07 Å². The summed E-state index contributed by atoms with van der Waals surface area (Å²) in [5, 5.41) is 8.78. The molecule has 0 fully saturated rings. The Labute approximate surface area is 131 Å². The van der Waals surface area contributed by atoms with Crippen LogP contribution in [-0.4, -0.2) is 4.98 Å². The minimum absolute atomic E-state index is 0.125. The molecule has 96 valence electrons. The van der Waals surface area contributed by atoms with Crippen LogP contribution in [0.5, 0.6) is 5.88 Å². The first-order valence-electron chi connectivity index (χ1n) is 5.23. The highest BCUT2D eigenvalue weighted by molar-refractivity contribution is 14.1. The predicted molar refractivity (Wildman–Crippen MR) is 80.1 cm³/mol. The van der Waals surface area contributed by atoms with Crippen LogP contribution < -0.4 is 4.74 Å². The van der Waals surface area contributed by atoms with Gasteiger partial charge in [0, 0.05) is 15.2 Å². The number of aromatic nitrogens is 1. The van der Waals surface area contributed by atoms with Gasteiger partial charge in [0.2, 0.25) is 5.88 Å². The Hall–Kier alpha value is -1.20. The normalized spacial score (nSPS) is 10.0. The molecular weight excluding hydrogens is 426 g/mol. The largest absolute Gasteiger partial charge is 0.473 e. The molecule has 0 spiro atoms. The summed E-state index contributed by atoms with van der Waals surface area (Å²) in [5.41, 5.74) is 1.55. The third-order valence-electron chi connectivity index (χ3n) is 2.34. The molecule has 1 aromatic heterocycles. The summed E-state index contributed by atoms with van der Waals surface area (Å²) in [6, 6.07) is 10.2. The van der Waals surface area contributed by atoms with Crippen LogP contribution in [0, 0.1) is 20.7 Å². The van der Waals surface area contributed by atoms with E-state index in [9.17, 15) is 4.39 Å². The lowest BCUT2D eigenvalue weighted by Crippen LogP contribution is -2.00. The van der Waals surface area contributed by atoms with E-state index in [-0.39, 0.29) is 4.60 Å². The van der Waals surface area contributed by atoms with Crippen LogP contribution in [0.25, 0.3) is 0 Å². The molecule has 19 heavy (non-hydrogen) atoms. The van der Waals surface area contributed by atoms with Crippen molar-refractivity contribution in [3.8, 4) is 11.9 Å². The number of nitriles is 1. The summed E-state index contributed by atoms with van der Waals surface area (Å²) in [4.78, 5) is 3.92. The molecule has 6 heteroatoms. The van der Waals surface area contributed by atoms with E-state index < -0.39 is 5.82 Å². The van der Waals surface area contributed by atoms with Crippen molar-refractivity contribution in [1.29, 1.82) is 5.26 Å². The van der Waals surface area contributed by atoms with Gasteiger partial charge in [0.1, 0.15) is 11.2 Å². The van der Waals surface area contributed by atoms with Crippen LogP contribution in [0.2, 0.25) is 0 Å². The monoisotopic (exact) mass is 432 g/mol. The zero-order valence-corrected chi connectivity index (χ0v) is 13.3. The van der Waals surface area contributed by atoms with Gasteiger partial charge in [-0.05, 0) is 56.7 Å². The van der Waals surface area contributed by atoms with E-state index >= 15 is 0 Å². The Morgan fingerprint density at radius 2 is 2.16 bits per heavy atom. The van der Waals surface area contributed by atoms with Crippen LogP contribution >= 0.6 is 38.5 Å². The topological polar surface area (TPSA) is 45.9 Å². The van der Waals surface area contributed by atoms with Crippen molar-refractivity contribution in [2.24, 2.45) is 0 Å². The first-order chi connectivity index (χ1) is 9.10. The SMILES string of the molecule is N#Cc1ccc(COc2ccc(F)c(Br)n2)c(I)c1. The molecule has 0 aliphatic carbocycles. The molecule has 0 unspecified atom stereocenters. The average molecular weight is 433 g/mol. The zero-order valence-electron chi connectivity index (χ0n) is 9.53. The molecule has 0 aliphatic heterocycles. The van der Waals surface area contributed by atoms with Gasteiger partial charge in [-0.25, -0.2) is 9.37 Å². The van der Waals surface area contributed by atoms with Gasteiger partial charge < -0.3 is 4.74 Å². The number of hydrogen-bond acceptors (Lipinski definition) is 3. The van der Waals surface area contributed by atoms with E-state index in [1.165, 1.54) is 12.1 Å². The van der Waals surface area contributed by atoms with E-state index in [0.29, 0.717) is 18.1 Å². The summed E-state index contributed by atoms with van der Waals surface area (Å²) in [6.07, 6.45) is 0. The van der Waals surface area contributed by atoms with E-state index in [1.54, 1.807) is 12.1 Å². The minimum atomic E-state index is -0.430. The number of ether oxygens (including phenoxy) is 1. The molecule has 2 aromatic rings. The first kappa shape index (κ1) is 14.2. The lowest BCUT2D eigenvalue weighted by molar-refractivity contribution is 0.291. The van der Waals surface area contributed by atoms with Crippen LogP contribution in [0.3, 0.4) is 0 Å². The van der Waals surface area contributed by atoms with Crippen molar-refractivity contribution in [1.82, 2.24) is 4.98 Å². The second-order valence-electron chi connectivity index (χ2n) is 3.63. The highest BCUT2D eigenvalue weighted by Gasteiger charge is 2.05. The number of benzene rings is 1. The maximum absolute atomic E-state index is 13.0. The third kappa shape index (κ3) is 3.64. The molecular formula is C13H7BrFIN2O. The fraction of sp³-hybridized carbons (Fsp3) is 0.0769. The number of pyridine rings is 1. The van der Waals surface area contributed by atoms with E-state index in [2.05, 4.69) is 49.6 Å². The van der Waals surface area contributed by atoms with E-state index in [0.717, 1.165) is 9.13 Å². The quantitative estimate of drug-likeness (QED) is 0.543. The zero-order chi connectivity index (χ0) is 13.8. The Morgan fingerprint density at radius 3 is 2.79 bits per heavy atom. The minimum Gasteiger partial charge on any atom is -0.473 e. The fourth-order valence-electron chi connectivity index (χ4n) is 1.37. The molecule has 0 N–H and O–H groups in total. The third-order valence-corrected chi connectivity index (χ3v) is 3.90. The lowest BCUT2D eigenvalue weighted by Gasteiger charge is -2.07. The summed E-state index contributed by atoms with van der Waals surface area (Å²) >= 11 is 5.15. The van der Waals surface area contributed by atoms with Gasteiger partial charge in [0.05, 0.1) is 11.6 Å². The average Bonchev–Trinajstić information content (AvgIpc) is 2.41. The van der Waals surface area contributed by atoms with Crippen LogP contribution in [-0.2, 0) is 6.61 Å². The predicted octanol–water partition coefficient (Wildman–Crippen LogP) is 4.04. The first-order valence-corrected chi connectivity index (χ1v) is 7.10. The lowest BCUT2D eigenvalue weighted by atomic mass is 10.2. The maximum Gasteiger partial charge on any atom is 0.214 e. The van der Waals surface area contributed by atoms with Crippen LogP contribution in [0.15, 0.2) is 34.9 Å². The van der Waals surface area contributed by atoms with Crippen LogP contribution in [0.4, 0.5) is 4.39 Å².